The Balaban J connectivity index is 1.51. The van der Waals surface area contributed by atoms with Gasteiger partial charge in [-0.1, -0.05) is 56.3 Å². The normalized spacial score (nSPS) is 13.1. The lowest BCUT2D eigenvalue weighted by Crippen LogP contribution is -2.20. The standard InChI is InChI=1S/C25H30O4/c1-5-18(2)20-10-13-22(14-11-20)29-19(3)27-16-17-28-25-23-9-7-6-8-21(23)12-15-24(25)26-4/h6-15,18-19H,5,16-17H2,1-4H3. The third kappa shape index (κ3) is 5.42. The summed E-state index contributed by atoms with van der Waals surface area (Å²) in [5.74, 6) is 2.82. The highest BCUT2D eigenvalue weighted by atomic mass is 16.7. The molecule has 3 rings (SSSR count). The number of benzene rings is 3. The van der Waals surface area contributed by atoms with Crippen LogP contribution in [0.5, 0.6) is 17.2 Å². The van der Waals surface area contributed by atoms with E-state index in [0.717, 1.165) is 34.4 Å². The fraction of sp³-hybridized carbons (Fsp3) is 0.360. The molecule has 0 amide bonds. The zero-order valence-electron chi connectivity index (χ0n) is 17.7. The van der Waals surface area contributed by atoms with Gasteiger partial charge in [-0.05, 0) is 48.4 Å². The van der Waals surface area contributed by atoms with Crippen LogP contribution in [-0.2, 0) is 4.74 Å². The summed E-state index contributed by atoms with van der Waals surface area (Å²) in [6.45, 7) is 7.14. The van der Waals surface area contributed by atoms with Crippen LogP contribution in [-0.4, -0.2) is 26.6 Å². The SMILES string of the molecule is CCC(C)c1ccc(OC(C)OCCOc2c(OC)ccc3ccccc23)cc1. The number of rotatable bonds is 10. The molecule has 0 spiro atoms. The van der Waals surface area contributed by atoms with E-state index in [0.29, 0.717) is 19.1 Å². The van der Waals surface area contributed by atoms with Gasteiger partial charge in [-0.2, -0.15) is 0 Å². The molecular weight excluding hydrogens is 364 g/mol. The highest BCUT2D eigenvalue weighted by molar-refractivity contribution is 5.90. The van der Waals surface area contributed by atoms with Crippen LogP contribution < -0.4 is 14.2 Å². The summed E-state index contributed by atoms with van der Waals surface area (Å²) < 4.78 is 23.1. The molecule has 29 heavy (non-hydrogen) atoms. The van der Waals surface area contributed by atoms with Crippen LogP contribution in [0.25, 0.3) is 10.8 Å². The summed E-state index contributed by atoms with van der Waals surface area (Å²) in [5.41, 5.74) is 1.32. The second-order valence-electron chi connectivity index (χ2n) is 7.10. The minimum absolute atomic E-state index is 0.359. The third-order valence-corrected chi connectivity index (χ3v) is 5.11. The molecule has 3 aromatic rings. The second kappa shape index (κ2) is 10.2. The van der Waals surface area contributed by atoms with Crippen LogP contribution in [0, 0.1) is 0 Å². The van der Waals surface area contributed by atoms with Gasteiger partial charge in [0.15, 0.2) is 17.8 Å². The van der Waals surface area contributed by atoms with E-state index in [1.54, 1.807) is 7.11 Å². The average molecular weight is 395 g/mol. The Hall–Kier alpha value is -2.72. The maximum absolute atomic E-state index is 5.99. The number of fused-ring (bicyclic) bond motifs is 1. The van der Waals surface area contributed by atoms with Crippen molar-refractivity contribution >= 4 is 10.8 Å². The summed E-state index contributed by atoms with van der Waals surface area (Å²) in [4.78, 5) is 0. The van der Waals surface area contributed by atoms with E-state index < -0.39 is 0 Å². The van der Waals surface area contributed by atoms with Crippen molar-refractivity contribution in [3.63, 3.8) is 0 Å². The summed E-state index contributed by atoms with van der Waals surface area (Å²) in [6.07, 6.45) is 0.767. The van der Waals surface area contributed by atoms with Crippen LogP contribution in [0.15, 0.2) is 60.7 Å². The van der Waals surface area contributed by atoms with Crippen LogP contribution in [0.3, 0.4) is 0 Å². The van der Waals surface area contributed by atoms with E-state index in [1.165, 1.54) is 5.56 Å². The summed E-state index contributed by atoms with van der Waals surface area (Å²) >= 11 is 0. The van der Waals surface area contributed by atoms with Crippen molar-refractivity contribution in [2.45, 2.75) is 39.4 Å². The van der Waals surface area contributed by atoms with Gasteiger partial charge in [0.05, 0.1) is 13.7 Å². The second-order valence-corrected chi connectivity index (χ2v) is 7.10. The molecule has 0 aliphatic rings. The Bertz CT molecular complexity index is 904. The van der Waals surface area contributed by atoms with Gasteiger partial charge in [0.1, 0.15) is 12.4 Å². The summed E-state index contributed by atoms with van der Waals surface area (Å²) in [7, 11) is 1.65. The Labute approximate surface area is 173 Å². The summed E-state index contributed by atoms with van der Waals surface area (Å²) in [5, 5.41) is 2.14. The highest BCUT2D eigenvalue weighted by Gasteiger charge is 2.11. The van der Waals surface area contributed by atoms with Crippen LogP contribution >= 0.6 is 0 Å². The Kier molecular flexibility index (Phi) is 7.36. The van der Waals surface area contributed by atoms with Crippen molar-refractivity contribution in [1.82, 2.24) is 0 Å². The number of ether oxygens (including phenoxy) is 4. The molecule has 0 N–H and O–H groups in total. The van der Waals surface area contributed by atoms with Gasteiger partial charge in [-0.3, -0.25) is 0 Å². The van der Waals surface area contributed by atoms with Gasteiger partial charge < -0.3 is 18.9 Å². The van der Waals surface area contributed by atoms with Gasteiger partial charge in [-0.25, -0.2) is 0 Å². The Morgan fingerprint density at radius 1 is 0.862 bits per heavy atom. The predicted molar refractivity (Wildman–Crippen MR) is 117 cm³/mol. The van der Waals surface area contributed by atoms with Crippen molar-refractivity contribution < 1.29 is 18.9 Å². The topological polar surface area (TPSA) is 36.9 Å². The number of hydrogen-bond acceptors (Lipinski definition) is 4. The smallest absolute Gasteiger partial charge is 0.197 e. The average Bonchev–Trinajstić information content (AvgIpc) is 2.76. The number of hydrogen-bond donors (Lipinski definition) is 0. The van der Waals surface area contributed by atoms with Crippen molar-refractivity contribution in [3.8, 4) is 17.2 Å². The van der Waals surface area contributed by atoms with E-state index in [-0.39, 0.29) is 6.29 Å². The van der Waals surface area contributed by atoms with E-state index in [4.69, 9.17) is 18.9 Å². The van der Waals surface area contributed by atoms with E-state index in [2.05, 4.69) is 32.0 Å². The van der Waals surface area contributed by atoms with Crippen molar-refractivity contribution in [1.29, 1.82) is 0 Å². The first-order valence-electron chi connectivity index (χ1n) is 10.2. The molecule has 0 saturated carbocycles. The molecule has 154 valence electrons. The largest absolute Gasteiger partial charge is 0.493 e. The molecular formula is C25H30O4. The molecule has 0 saturated heterocycles. The van der Waals surface area contributed by atoms with Gasteiger partial charge in [0.2, 0.25) is 0 Å². The van der Waals surface area contributed by atoms with E-state index in [9.17, 15) is 0 Å². The zero-order valence-corrected chi connectivity index (χ0v) is 17.7. The minimum atomic E-state index is -0.359. The van der Waals surface area contributed by atoms with Gasteiger partial charge in [0, 0.05) is 5.39 Å². The fourth-order valence-electron chi connectivity index (χ4n) is 3.23. The Morgan fingerprint density at radius 3 is 2.34 bits per heavy atom. The maximum Gasteiger partial charge on any atom is 0.197 e. The molecule has 2 unspecified atom stereocenters. The minimum Gasteiger partial charge on any atom is -0.493 e. The quantitative estimate of drug-likeness (QED) is 0.304. The van der Waals surface area contributed by atoms with E-state index >= 15 is 0 Å². The lowest BCUT2D eigenvalue weighted by Gasteiger charge is -2.17. The van der Waals surface area contributed by atoms with Crippen molar-refractivity contribution in [2.75, 3.05) is 20.3 Å². The van der Waals surface area contributed by atoms with Gasteiger partial charge in [0.25, 0.3) is 0 Å². The molecule has 0 fully saturated rings. The molecule has 4 nitrogen and oxygen atoms in total. The maximum atomic E-state index is 5.99. The van der Waals surface area contributed by atoms with E-state index in [1.807, 2.05) is 49.4 Å². The monoisotopic (exact) mass is 394 g/mol. The lowest BCUT2D eigenvalue weighted by molar-refractivity contribution is -0.0739. The highest BCUT2D eigenvalue weighted by Crippen LogP contribution is 2.35. The summed E-state index contributed by atoms with van der Waals surface area (Å²) in [6, 6.07) is 20.3. The van der Waals surface area contributed by atoms with Crippen LogP contribution in [0.4, 0.5) is 0 Å². The third-order valence-electron chi connectivity index (χ3n) is 5.11. The van der Waals surface area contributed by atoms with Crippen molar-refractivity contribution in [2.24, 2.45) is 0 Å². The van der Waals surface area contributed by atoms with Crippen molar-refractivity contribution in [3.05, 3.63) is 66.2 Å². The molecule has 2 atom stereocenters. The first kappa shape index (κ1) is 21.0. The predicted octanol–water partition coefficient (Wildman–Crippen LogP) is 6.18. The molecule has 0 radical (unpaired) electrons. The van der Waals surface area contributed by atoms with Crippen LogP contribution in [0.2, 0.25) is 0 Å². The molecule has 0 aromatic heterocycles. The van der Waals surface area contributed by atoms with Crippen LogP contribution in [0.1, 0.15) is 38.7 Å². The molecule has 0 bridgehead atoms. The zero-order chi connectivity index (χ0) is 20.6. The number of methoxy groups -OCH3 is 1. The van der Waals surface area contributed by atoms with Gasteiger partial charge >= 0.3 is 0 Å². The molecule has 3 aromatic carbocycles. The Morgan fingerprint density at radius 2 is 1.62 bits per heavy atom. The first-order valence-corrected chi connectivity index (χ1v) is 10.2. The first-order chi connectivity index (χ1) is 14.1. The molecule has 0 aliphatic carbocycles. The van der Waals surface area contributed by atoms with Gasteiger partial charge in [-0.15, -0.1) is 0 Å². The lowest BCUT2D eigenvalue weighted by atomic mass is 9.99. The molecule has 0 aliphatic heterocycles. The molecule has 4 heteroatoms. The fourth-order valence-corrected chi connectivity index (χ4v) is 3.23. The molecule has 0 heterocycles.